The van der Waals surface area contributed by atoms with Crippen LogP contribution in [0.3, 0.4) is 0 Å². The molecule has 0 bridgehead atoms. The Bertz CT molecular complexity index is 985. The van der Waals surface area contributed by atoms with Gasteiger partial charge in [0.15, 0.2) is 0 Å². The van der Waals surface area contributed by atoms with Crippen LogP contribution in [-0.2, 0) is 23.9 Å². The third-order valence-electron chi connectivity index (χ3n) is 7.83. The van der Waals surface area contributed by atoms with Gasteiger partial charge in [-0.05, 0) is 56.8 Å². The number of allylic oxidation sites excluding steroid dienone is 1. The molecule has 218 valence electrons. The topological polar surface area (TPSA) is 134 Å². The fourth-order valence-electron chi connectivity index (χ4n) is 5.33. The summed E-state index contributed by atoms with van der Waals surface area (Å²) in [7, 11) is 0. The molecule has 0 radical (unpaired) electrons. The van der Waals surface area contributed by atoms with Crippen molar-refractivity contribution in [2.24, 2.45) is 23.2 Å². The first-order chi connectivity index (χ1) is 18.1. The monoisotopic (exact) mass is 546 g/mol. The number of hydrogen-bond acceptors (Lipinski definition) is 6. The van der Waals surface area contributed by atoms with Gasteiger partial charge >= 0.3 is 6.09 Å². The number of hydrogen-bond donors (Lipinski definition) is 3. The molecule has 3 N–H and O–H groups in total. The molecule has 6 atom stereocenters. The van der Waals surface area contributed by atoms with Gasteiger partial charge in [0.2, 0.25) is 17.6 Å². The summed E-state index contributed by atoms with van der Waals surface area (Å²) in [6, 6.07) is -2.79. The highest BCUT2D eigenvalue weighted by atomic mass is 16.6. The third kappa shape index (κ3) is 7.70. The van der Waals surface area contributed by atoms with Gasteiger partial charge in [-0.25, -0.2) is 4.79 Å². The van der Waals surface area contributed by atoms with Crippen LogP contribution in [0.2, 0.25) is 0 Å². The Kier molecular flexibility index (Phi) is 10.5. The minimum absolute atomic E-state index is 0.106. The van der Waals surface area contributed by atoms with Gasteiger partial charge in [-0.15, -0.1) is 13.2 Å². The number of amides is 4. The molecule has 0 aromatic heterocycles. The maximum Gasteiger partial charge on any atom is 0.408 e. The Morgan fingerprint density at radius 3 is 2.28 bits per heavy atom. The zero-order valence-electron chi connectivity index (χ0n) is 24.5. The summed E-state index contributed by atoms with van der Waals surface area (Å²) in [4.78, 5) is 66.9. The molecule has 1 heterocycles. The normalized spacial score (nSPS) is 23.4. The van der Waals surface area contributed by atoms with Crippen LogP contribution in [-0.4, -0.2) is 71.3 Å². The molecule has 1 aliphatic carbocycles. The average Bonchev–Trinajstić information content (AvgIpc) is 3.18. The number of alkyl carbamates (subject to hydrolysis) is 1. The van der Waals surface area contributed by atoms with Crippen LogP contribution in [0.5, 0.6) is 0 Å². The van der Waals surface area contributed by atoms with E-state index >= 15 is 0 Å². The molecular weight excluding hydrogens is 500 g/mol. The molecule has 10 heteroatoms. The Labute approximate surface area is 232 Å². The molecule has 2 aliphatic rings. The Morgan fingerprint density at radius 2 is 1.74 bits per heavy atom. The molecule has 0 spiro atoms. The summed E-state index contributed by atoms with van der Waals surface area (Å²) < 4.78 is 5.39. The SMILES string of the molecule is C=CCCC(NC(=O)[C@@H]1C2C(CN1C(=O)[C@@H](NC(=O)OC(C)(C)C)C(C)CC)C2(C)C)C(=O)C(=O)NCC=C. The summed E-state index contributed by atoms with van der Waals surface area (Å²) in [6.45, 7) is 20.8. The number of carbonyl (C=O) groups is 5. The van der Waals surface area contributed by atoms with Gasteiger partial charge in [-0.1, -0.05) is 46.3 Å². The van der Waals surface area contributed by atoms with Gasteiger partial charge < -0.3 is 25.6 Å². The third-order valence-corrected chi connectivity index (χ3v) is 7.83. The largest absolute Gasteiger partial charge is 0.444 e. The van der Waals surface area contributed by atoms with Gasteiger partial charge in [0.25, 0.3) is 5.91 Å². The first-order valence-corrected chi connectivity index (χ1v) is 13.7. The summed E-state index contributed by atoms with van der Waals surface area (Å²) >= 11 is 0. The number of Topliss-reactive ketones (excluding diaryl/α,β-unsaturated/α-hetero) is 1. The first-order valence-electron chi connectivity index (χ1n) is 13.7. The maximum atomic E-state index is 13.9. The van der Waals surface area contributed by atoms with E-state index < -0.39 is 47.4 Å². The molecule has 0 aromatic carbocycles. The molecule has 1 aliphatic heterocycles. The Hall–Kier alpha value is -3.17. The smallest absolute Gasteiger partial charge is 0.408 e. The fourth-order valence-corrected chi connectivity index (χ4v) is 5.33. The molecule has 39 heavy (non-hydrogen) atoms. The van der Waals surface area contributed by atoms with E-state index in [0.29, 0.717) is 19.4 Å². The summed E-state index contributed by atoms with van der Waals surface area (Å²) in [5, 5.41) is 7.93. The standard InChI is InChI=1S/C29H46N4O6/c1-10-13-14-19(23(34)25(36)30-15-11-2)31-24(35)22-20-18(29(20,8)9)16-33(22)26(37)21(17(4)12-3)32-27(38)39-28(5,6)7/h10-11,17-22H,1-2,12-16H2,3-9H3,(H,30,36)(H,31,35)(H,32,38)/t17?,18?,19?,20?,21-,22-/m0/s1. The van der Waals surface area contributed by atoms with E-state index in [1.165, 1.54) is 11.0 Å². The van der Waals surface area contributed by atoms with Crippen molar-refractivity contribution in [3.63, 3.8) is 0 Å². The van der Waals surface area contributed by atoms with Crippen LogP contribution in [0, 0.1) is 23.2 Å². The summed E-state index contributed by atoms with van der Waals surface area (Å²) in [5.74, 6) is -2.64. The van der Waals surface area contributed by atoms with Gasteiger partial charge in [-0.2, -0.15) is 0 Å². The van der Waals surface area contributed by atoms with Crippen LogP contribution in [0.15, 0.2) is 25.3 Å². The molecular formula is C29H46N4O6. The van der Waals surface area contributed by atoms with Crippen molar-refractivity contribution < 1.29 is 28.7 Å². The van der Waals surface area contributed by atoms with Gasteiger partial charge in [0.05, 0.1) is 6.04 Å². The average molecular weight is 547 g/mol. The lowest BCUT2D eigenvalue weighted by Gasteiger charge is -2.35. The van der Waals surface area contributed by atoms with Crippen molar-refractivity contribution in [1.82, 2.24) is 20.9 Å². The van der Waals surface area contributed by atoms with E-state index in [0.717, 1.165) is 0 Å². The molecule has 1 saturated carbocycles. The Morgan fingerprint density at radius 1 is 1.10 bits per heavy atom. The Balaban J connectivity index is 2.30. The van der Waals surface area contributed by atoms with Gasteiger partial charge in [0.1, 0.15) is 17.7 Å². The second kappa shape index (κ2) is 12.8. The molecule has 2 fully saturated rings. The molecule has 0 aromatic rings. The van der Waals surface area contributed by atoms with Crippen LogP contribution in [0.4, 0.5) is 4.79 Å². The summed E-state index contributed by atoms with van der Waals surface area (Å²) in [5.41, 5.74) is -0.898. The highest BCUT2D eigenvalue weighted by Crippen LogP contribution is 2.65. The van der Waals surface area contributed by atoms with E-state index in [1.54, 1.807) is 26.8 Å². The molecule has 4 amide bonds. The number of likely N-dealkylation sites (tertiary alicyclic amines) is 1. The van der Waals surface area contributed by atoms with E-state index in [2.05, 4.69) is 43.0 Å². The minimum atomic E-state index is -1.07. The highest BCUT2D eigenvalue weighted by molar-refractivity contribution is 6.38. The predicted octanol–water partition coefficient (Wildman–Crippen LogP) is 2.73. The quantitative estimate of drug-likeness (QED) is 0.240. The van der Waals surface area contributed by atoms with Crippen LogP contribution >= 0.6 is 0 Å². The van der Waals surface area contributed by atoms with E-state index in [-0.39, 0.29) is 42.0 Å². The van der Waals surface area contributed by atoms with Gasteiger partial charge in [0, 0.05) is 13.1 Å². The lowest BCUT2D eigenvalue weighted by atomic mass is 9.95. The van der Waals surface area contributed by atoms with Crippen molar-refractivity contribution in [2.45, 2.75) is 91.5 Å². The maximum absolute atomic E-state index is 13.9. The molecule has 4 unspecified atom stereocenters. The van der Waals surface area contributed by atoms with Gasteiger partial charge in [-0.3, -0.25) is 19.2 Å². The van der Waals surface area contributed by atoms with Crippen molar-refractivity contribution in [3.05, 3.63) is 25.3 Å². The van der Waals surface area contributed by atoms with Crippen LogP contribution in [0.1, 0.15) is 67.7 Å². The summed E-state index contributed by atoms with van der Waals surface area (Å²) in [6.07, 6.45) is 3.59. The van der Waals surface area contributed by atoms with E-state index in [1.807, 2.05) is 13.8 Å². The van der Waals surface area contributed by atoms with Crippen molar-refractivity contribution in [3.8, 4) is 0 Å². The van der Waals surface area contributed by atoms with E-state index in [4.69, 9.17) is 4.74 Å². The fraction of sp³-hybridized carbons (Fsp3) is 0.690. The van der Waals surface area contributed by atoms with Crippen molar-refractivity contribution >= 4 is 29.6 Å². The van der Waals surface area contributed by atoms with E-state index in [9.17, 15) is 24.0 Å². The number of piperidine rings is 1. The van der Waals surface area contributed by atoms with Crippen LogP contribution in [0.25, 0.3) is 0 Å². The molecule has 1 saturated heterocycles. The number of fused-ring (bicyclic) bond motifs is 1. The lowest BCUT2D eigenvalue weighted by molar-refractivity contribution is -0.144. The number of ether oxygens (including phenoxy) is 1. The van der Waals surface area contributed by atoms with Crippen molar-refractivity contribution in [2.75, 3.05) is 13.1 Å². The zero-order valence-corrected chi connectivity index (χ0v) is 24.5. The molecule has 2 rings (SSSR count). The zero-order chi connectivity index (χ0) is 29.7. The van der Waals surface area contributed by atoms with Crippen LogP contribution < -0.4 is 16.0 Å². The van der Waals surface area contributed by atoms with Crippen molar-refractivity contribution in [1.29, 1.82) is 0 Å². The molecule has 10 nitrogen and oxygen atoms in total. The predicted molar refractivity (Wildman–Crippen MR) is 148 cm³/mol. The number of rotatable bonds is 13. The minimum Gasteiger partial charge on any atom is -0.444 e. The first kappa shape index (κ1) is 32.0. The second-order valence-corrected chi connectivity index (χ2v) is 12.2. The number of nitrogens with zero attached hydrogens (tertiary/aromatic N) is 1. The number of carbonyl (C=O) groups excluding carboxylic acids is 5. The second-order valence-electron chi connectivity index (χ2n) is 12.2. The number of ketones is 1. The number of nitrogens with one attached hydrogen (secondary N) is 3. The lowest BCUT2D eigenvalue weighted by Crippen LogP contribution is -2.59. The highest BCUT2D eigenvalue weighted by Gasteiger charge is 2.69.